The lowest BCUT2D eigenvalue weighted by atomic mass is 10.1. The molecule has 1 saturated heterocycles. The average molecular weight is 298 g/mol. The van der Waals surface area contributed by atoms with E-state index >= 15 is 0 Å². The van der Waals surface area contributed by atoms with Gasteiger partial charge >= 0.3 is 0 Å². The summed E-state index contributed by atoms with van der Waals surface area (Å²) in [4.78, 5) is 12.2. The number of methoxy groups -OCH3 is 1. The predicted octanol–water partition coefficient (Wildman–Crippen LogP) is 1.47. The molecule has 0 spiro atoms. The Bertz CT molecular complexity index is 573. The van der Waals surface area contributed by atoms with Crippen molar-refractivity contribution in [1.29, 1.82) is 0 Å². The van der Waals surface area contributed by atoms with Crippen LogP contribution in [0.4, 0.5) is 0 Å². The van der Waals surface area contributed by atoms with Crippen LogP contribution in [0, 0.1) is 0 Å². The molecule has 1 aromatic carbocycles. The van der Waals surface area contributed by atoms with Crippen molar-refractivity contribution in [3.05, 3.63) is 29.8 Å². The van der Waals surface area contributed by atoms with E-state index < -0.39 is 26.6 Å². The molecule has 0 N–H and O–H groups in total. The largest absolute Gasteiger partial charge is 0.496 e. The first-order chi connectivity index (χ1) is 9.54. The number of rotatable bonds is 5. The summed E-state index contributed by atoms with van der Waals surface area (Å²) in [6, 6.07) is 6.66. The Morgan fingerprint density at radius 1 is 1.30 bits per heavy atom. The van der Waals surface area contributed by atoms with Gasteiger partial charge in [-0.15, -0.1) is 0 Å². The van der Waals surface area contributed by atoms with Gasteiger partial charge in [-0.05, 0) is 25.0 Å². The van der Waals surface area contributed by atoms with Crippen molar-refractivity contribution < 1.29 is 22.7 Å². The van der Waals surface area contributed by atoms with Crippen molar-refractivity contribution in [3.8, 4) is 5.75 Å². The number of carbonyl (C=O) groups is 1. The van der Waals surface area contributed by atoms with Crippen LogP contribution in [0.15, 0.2) is 24.3 Å². The van der Waals surface area contributed by atoms with Crippen LogP contribution >= 0.6 is 0 Å². The normalized spacial score (nSPS) is 16.9. The number of Topliss-reactive ketones (excluding diaryl/α,β-unsaturated/α-hetero) is 1. The van der Waals surface area contributed by atoms with Crippen LogP contribution in [0.3, 0.4) is 0 Å². The quantitative estimate of drug-likeness (QED) is 0.770. The Kier molecular flexibility index (Phi) is 4.77. The lowest BCUT2D eigenvalue weighted by Gasteiger charge is -2.21. The van der Waals surface area contributed by atoms with Crippen LogP contribution in [0.1, 0.15) is 23.2 Å². The number of benzene rings is 1. The number of hydrogen-bond acceptors (Lipinski definition) is 5. The first-order valence-electron chi connectivity index (χ1n) is 6.50. The summed E-state index contributed by atoms with van der Waals surface area (Å²) in [5.41, 5.74) is 0.311. The van der Waals surface area contributed by atoms with E-state index in [1.54, 1.807) is 24.3 Å². The van der Waals surface area contributed by atoms with E-state index in [0.717, 1.165) is 0 Å². The Balaban J connectivity index is 2.14. The van der Waals surface area contributed by atoms with Gasteiger partial charge in [0.05, 0.1) is 17.9 Å². The zero-order valence-corrected chi connectivity index (χ0v) is 12.2. The lowest BCUT2D eigenvalue weighted by molar-refractivity contribution is 0.0970. The van der Waals surface area contributed by atoms with E-state index in [4.69, 9.17) is 9.47 Å². The molecule has 0 unspecified atom stereocenters. The second-order valence-electron chi connectivity index (χ2n) is 4.74. The summed E-state index contributed by atoms with van der Waals surface area (Å²) < 4.78 is 34.7. The van der Waals surface area contributed by atoms with E-state index in [1.807, 2.05) is 0 Å². The number of para-hydroxylation sites is 1. The average Bonchev–Trinajstić information content (AvgIpc) is 2.47. The molecule has 110 valence electrons. The molecule has 0 saturated carbocycles. The molecule has 1 aliphatic heterocycles. The minimum atomic E-state index is -3.44. The van der Waals surface area contributed by atoms with Gasteiger partial charge in [-0.3, -0.25) is 4.79 Å². The summed E-state index contributed by atoms with van der Waals surface area (Å²) in [7, 11) is -1.98. The van der Waals surface area contributed by atoms with Crippen LogP contribution < -0.4 is 4.74 Å². The molecular weight excluding hydrogens is 280 g/mol. The molecular formula is C14H18O5S. The number of ether oxygens (including phenoxy) is 2. The van der Waals surface area contributed by atoms with E-state index in [9.17, 15) is 13.2 Å². The summed E-state index contributed by atoms with van der Waals surface area (Å²) in [5.74, 6) is -0.494. The summed E-state index contributed by atoms with van der Waals surface area (Å²) in [6.07, 6.45) is 0.920. The maximum Gasteiger partial charge on any atom is 0.181 e. The third-order valence-corrected chi connectivity index (χ3v) is 5.57. The second kappa shape index (κ2) is 6.37. The molecule has 0 atom stereocenters. The van der Waals surface area contributed by atoms with Gasteiger partial charge in [0.1, 0.15) is 11.5 Å². The van der Waals surface area contributed by atoms with Crippen LogP contribution in [-0.4, -0.2) is 45.5 Å². The fourth-order valence-electron chi connectivity index (χ4n) is 2.29. The standard InChI is InChI=1S/C14H18O5S/c1-18-14-5-3-2-4-12(14)13(15)10-20(16,17)11-6-8-19-9-7-11/h2-5,11H,6-10H2,1H3. The number of ketones is 1. The first kappa shape index (κ1) is 15.0. The maximum absolute atomic E-state index is 12.3. The fourth-order valence-corrected chi connectivity index (χ4v) is 3.96. The van der Waals surface area contributed by atoms with Crippen molar-refractivity contribution >= 4 is 15.6 Å². The highest BCUT2D eigenvalue weighted by atomic mass is 32.2. The van der Waals surface area contributed by atoms with Gasteiger partial charge in [0.2, 0.25) is 0 Å². The van der Waals surface area contributed by atoms with E-state index in [-0.39, 0.29) is 0 Å². The van der Waals surface area contributed by atoms with Gasteiger partial charge in [-0.1, -0.05) is 12.1 Å². The summed E-state index contributed by atoms with van der Waals surface area (Å²) in [6.45, 7) is 0.874. The third kappa shape index (κ3) is 3.37. The molecule has 2 rings (SSSR count). The molecule has 0 radical (unpaired) electrons. The van der Waals surface area contributed by atoms with E-state index in [1.165, 1.54) is 7.11 Å². The summed E-state index contributed by atoms with van der Waals surface area (Å²) >= 11 is 0. The zero-order valence-electron chi connectivity index (χ0n) is 11.4. The van der Waals surface area contributed by atoms with Crippen molar-refractivity contribution in [2.45, 2.75) is 18.1 Å². The Labute approximate surface area is 118 Å². The number of sulfone groups is 1. The minimum Gasteiger partial charge on any atom is -0.496 e. The second-order valence-corrected chi connectivity index (χ2v) is 7.02. The molecule has 1 aliphatic rings. The third-order valence-electron chi connectivity index (χ3n) is 3.42. The molecule has 5 nitrogen and oxygen atoms in total. The molecule has 0 aromatic heterocycles. The van der Waals surface area contributed by atoms with Crippen LogP contribution in [0.5, 0.6) is 5.75 Å². The highest BCUT2D eigenvalue weighted by Crippen LogP contribution is 2.21. The number of hydrogen-bond donors (Lipinski definition) is 0. The van der Waals surface area contributed by atoms with Crippen molar-refractivity contribution in [2.75, 3.05) is 26.1 Å². The monoisotopic (exact) mass is 298 g/mol. The Morgan fingerprint density at radius 3 is 2.60 bits per heavy atom. The van der Waals surface area contributed by atoms with Crippen LogP contribution in [-0.2, 0) is 14.6 Å². The SMILES string of the molecule is COc1ccccc1C(=O)CS(=O)(=O)C1CCOCC1. The molecule has 1 heterocycles. The lowest BCUT2D eigenvalue weighted by Crippen LogP contribution is -2.33. The van der Waals surface area contributed by atoms with Crippen molar-refractivity contribution in [1.82, 2.24) is 0 Å². The fraction of sp³-hybridized carbons (Fsp3) is 0.500. The maximum atomic E-state index is 12.3. The van der Waals surface area contributed by atoms with Crippen molar-refractivity contribution in [2.24, 2.45) is 0 Å². The molecule has 0 amide bonds. The molecule has 6 heteroatoms. The number of carbonyl (C=O) groups excluding carboxylic acids is 1. The topological polar surface area (TPSA) is 69.7 Å². The highest BCUT2D eigenvalue weighted by Gasteiger charge is 2.30. The van der Waals surface area contributed by atoms with Crippen LogP contribution in [0.2, 0.25) is 0 Å². The smallest absolute Gasteiger partial charge is 0.181 e. The molecule has 20 heavy (non-hydrogen) atoms. The van der Waals surface area contributed by atoms with Gasteiger partial charge in [0, 0.05) is 13.2 Å². The van der Waals surface area contributed by atoms with Gasteiger partial charge in [-0.2, -0.15) is 0 Å². The minimum absolute atomic E-state index is 0.311. The van der Waals surface area contributed by atoms with Crippen molar-refractivity contribution in [3.63, 3.8) is 0 Å². The molecule has 1 aromatic rings. The molecule has 1 fully saturated rings. The Hall–Kier alpha value is -1.40. The Morgan fingerprint density at radius 2 is 1.95 bits per heavy atom. The predicted molar refractivity (Wildman–Crippen MR) is 75.0 cm³/mol. The van der Waals surface area contributed by atoms with Crippen LogP contribution in [0.25, 0.3) is 0 Å². The van der Waals surface area contributed by atoms with E-state index in [2.05, 4.69) is 0 Å². The first-order valence-corrected chi connectivity index (χ1v) is 8.21. The molecule has 0 aliphatic carbocycles. The van der Waals surface area contributed by atoms with E-state index in [0.29, 0.717) is 37.4 Å². The van der Waals surface area contributed by atoms with Gasteiger partial charge < -0.3 is 9.47 Å². The highest BCUT2D eigenvalue weighted by molar-refractivity contribution is 7.92. The summed E-state index contributed by atoms with van der Waals surface area (Å²) in [5, 5.41) is -0.477. The van der Waals surface area contributed by atoms with Gasteiger partial charge in [0.15, 0.2) is 15.6 Å². The van der Waals surface area contributed by atoms with Gasteiger partial charge in [0.25, 0.3) is 0 Å². The zero-order chi connectivity index (χ0) is 14.6. The molecule has 0 bridgehead atoms. The van der Waals surface area contributed by atoms with Gasteiger partial charge in [-0.25, -0.2) is 8.42 Å².